The van der Waals surface area contributed by atoms with Crippen molar-refractivity contribution in [2.75, 3.05) is 35.3 Å². The lowest BCUT2D eigenvalue weighted by Crippen LogP contribution is -2.54. The predicted octanol–water partition coefficient (Wildman–Crippen LogP) is 2.44. The minimum absolute atomic E-state index is 0.0763. The number of para-hydroxylation sites is 2. The third-order valence-electron chi connectivity index (χ3n) is 4.26. The second-order valence-corrected chi connectivity index (χ2v) is 7.89. The van der Waals surface area contributed by atoms with E-state index in [0.29, 0.717) is 30.3 Å². The van der Waals surface area contributed by atoms with Crippen LogP contribution in [0.25, 0.3) is 0 Å². The number of thioether (sulfide) groups is 1. The van der Waals surface area contributed by atoms with Crippen LogP contribution in [0, 0.1) is 5.92 Å². The Morgan fingerprint density at radius 3 is 2.70 bits per heavy atom. The Hall–Kier alpha value is -2.22. The number of rotatable bonds is 8. The van der Waals surface area contributed by atoms with E-state index in [-0.39, 0.29) is 18.4 Å². The van der Waals surface area contributed by atoms with Crippen molar-refractivity contribution in [1.82, 2.24) is 10.6 Å². The Kier molecular flexibility index (Phi) is 7.97. The molecule has 0 saturated carbocycles. The Morgan fingerprint density at radius 2 is 2.00 bits per heavy atom. The number of amides is 4. The van der Waals surface area contributed by atoms with Gasteiger partial charge >= 0.3 is 6.03 Å². The quantitative estimate of drug-likeness (QED) is 0.634. The lowest BCUT2D eigenvalue weighted by Gasteiger charge is -2.30. The average Bonchev–Trinajstić information content (AvgIpc) is 2.63. The summed E-state index contributed by atoms with van der Waals surface area (Å²) in [4.78, 5) is 38.6. The second-order valence-electron chi connectivity index (χ2n) is 6.91. The van der Waals surface area contributed by atoms with E-state index < -0.39 is 12.1 Å². The number of urea groups is 1. The van der Waals surface area contributed by atoms with E-state index >= 15 is 0 Å². The number of hydrogen-bond acceptors (Lipinski definition) is 4. The monoisotopic (exact) mass is 392 g/mol. The van der Waals surface area contributed by atoms with Crippen molar-refractivity contribution < 1.29 is 14.4 Å². The fourth-order valence-corrected chi connectivity index (χ4v) is 3.22. The molecule has 1 aliphatic heterocycles. The van der Waals surface area contributed by atoms with Crippen molar-refractivity contribution in [3.63, 3.8) is 0 Å². The van der Waals surface area contributed by atoms with Crippen molar-refractivity contribution in [3.05, 3.63) is 24.3 Å². The SMILES string of the molecule is CSCC[C@@H](NC(=O)N1CC(=O)Nc2ccccc21)C(=O)NCCC(C)C. The van der Waals surface area contributed by atoms with E-state index in [0.717, 1.165) is 12.2 Å². The number of anilines is 2. The summed E-state index contributed by atoms with van der Waals surface area (Å²) in [5, 5.41) is 8.45. The molecule has 1 aromatic rings. The summed E-state index contributed by atoms with van der Waals surface area (Å²) < 4.78 is 0. The fourth-order valence-electron chi connectivity index (χ4n) is 2.75. The minimum atomic E-state index is -0.630. The van der Waals surface area contributed by atoms with Gasteiger partial charge < -0.3 is 16.0 Å². The molecule has 1 heterocycles. The Bertz CT molecular complexity index is 681. The molecule has 2 rings (SSSR count). The molecule has 1 aromatic carbocycles. The smallest absolute Gasteiger partial charge is 0.323 e. The Labute approximate surface area is 164 Å². The van der Waals surface area contributed by atoms with Crippen LogP contribution in [0.15, 0.2) is 24.3 Å². The van der Waals surface area contributed by atoms with Gasteiger partial charge in [-0.05, 0) is 42.9 Å². The highest BCUT2D eigenvalue weighted by Gasteiger charge is 2.29. The van der Waals surface area contributed by atoms with Crippen LogP contribution in [0.2, 0.25) is 0 Å². The van der Waals surface area contributed by atoms with Gasteiger partial charge in [0.2, 0.25) is 11.8 Å². The molecule has 4 amide bonds. The van der Waals surface area contributed by atoms with E-state index in [1.54, 1.807) is 36.0 Å². The summed E-state index contributed by atoms with van der Waals surface area (Å²) in [6.45, 7) is 4.69. The van der Waals surface area contributed by atoms with Crippen LogP contribution in [0.3, 0.4) is 0 Å². The van der Waals surface area contributed by atoms with E-state index in [2.05, 4.69) is 29.8 Å². The number of hydrogen-bond donors (Lipinski definition) is 3. The van der Waals surface area contributed by atoms with Gasteiger partial charge in [0.1, 0.15) is 12.6 Å². The molecule has 0 aromatic heterocycles. The summed E-state index contributed by atoms with van der Waals surface area (Å²) >= 11 is 1.62. The van der Waals surface area contributed by atoms with Gasteiger partial charge in [-0.1, -0.05) is 26.0 Å². The lowest BCUT2D eigenvalue weighted by molar-refractivity contribution is -0.123. The second kappa shape index (κ2) is 10.2. The molecule has 27 heavy (non-hydrogen) atoms. The average molecular weight is 393 g/mol. The maximum absolute atomic E-state index is 12.8. The molecule has 0 unspecified atom stereocenters. The van der Waals surface area contributed by atoms with E-state index in [4.69, 9.17) is 0 Å². The predicted molar refractivity (Wildman–Crippen MR) is 110 cm³/mol. The molecule has 1 aliphatic rings. The number of fused-ring (bicyclic) bond motifs is 1. The van der Waals surface area contributed by atoms with Crippen LogP contribution >= 0.6 is 11.8 Å². The maximum atomic E-state index is 12.8. The summed E-state index contributed by atoms with van der Waals surface area (Å²) in [5.41, 5.74) is 1.21. The highest BCUT2D eigenvalue weighted by atomic mass is 32.2. The van der Waals surface area contributed by atoms with Crippen molar-refractivity contribution in [3.8, 4) is 0 Å². The topological polar surface area (TPSA) is 90.5 Å². The molecule has 0 radical (unpaired) electrons. The summed E-state index contributed by atoms with van der Waals surface area (Å²) in [5.74, 6) is 0.797. The van der Waals surface area contributed by atoms with Crippen molar-refractivity contribution >= 4 is 41.0 Å². The molecule has 148 valence electrons. The van der Waals surface area contributed by atoms with Crippen molar-refractivity contribution in [2.24, 2.45) is 5.92 Å². The Morgan fingerprint density at radius 1 is 1.26 bits per heavy atom. The van der Waals surface area contributed by atoms with Gasteiger partial charge in [-0.3, -0.25) is 14.5 Å². The third kappa shape index (κ3) is 6.16. The zero-order chi connectivity index (χ0) is 19.8. The molecule has 8 heteroatoms. The van der Waals surface area contributed by atoms with Crippen LogP contribution in [0.1, 0.15) is 26.7 Å². The van der Waals surface area contributed by atoms with Crippen molar-refractivity contribution in [2.45, 2.75) is 32.7 Å². The van der Waals surface area contributed by atoms with E-state index in [1.165, 1.54) is 4.90 Å². The molecule has 0 saturated heterocycles. The van der Waals surface area contributed by atoms with E-state index in [9.17, 15) is 14.4 Å². The first-order chi connectivity index (χ1) is 12.9. The highest BCUT2D eigenvalue weighted by Crippen LogP contribution is 2.28. The first-order valence-electron chi connectivity index (χ1n) is 9.16. The molecule has 0 spiro atoms. The first-order valence-corrected chi connectivity index (χ1v) is 10.5. The zero-order valence-electron chi connectivity index (χ0n) is 16.1. The third-order valence-corrected chi connectivity index (χ3v) is 4.91. The van der Waals surface area contributed by atoms with Gasteiger partial charge in [0.25, 0.3) is 0 Å². The van der Waals surface area contributed by atoms with Gasteiger partial charge in [0.15, 0.2) is 0 Å². The summed E-state index contributed by atoms with van der Waals surface area (Å²) in [6.07, 6.45) is 3.37. The maximum Gasteiger partial charge on any atom is 0.323 e. The van der Waals surface area contributed by atoms with Gasteiger partial charge in [-0.25, -0.2) is 4.79 Å². The van der Waals surface area contributed by atoms with Gasteiger partial charge in [0.05, 0.1) is 11.4 Å². The van der Waals surface area contributed by atoms with Crippen LogP contribution in [0.5, 0.6) is 0 Å². The summed E-state index contributed by atoms with van der Waals surface area (Å²) in [6, 6.07) is 6.05. The van der Waals surface area contributed by atoms with Crippen molar-refractivity contribution in [1.29, 1.82) is 0 Å². The number of carbonyl (C=O) groups is 3. The van der Waals surface area contributed by atoms with Crippen LogP contribution < -0.4 is 20.9 Å². The number of nitrogens with one attached hydrogen (secondary N) is 3. The normalized spacial score (nSPS) is 14.4. The standard InChI is InChI=1S/C19H28N4O3S/c1-13(2)8-10-20-18(25)15(9-11-27-3)22-19(26)23-12-17(24)21-14-6-4-5-7-16(14)23/h4-7,13,15H,8-12H2,1-3H3,(H,20,25)(H,21,24)(H,22,26)/t15-/m1/s1. The summed E-state index contributed by atoms with van der Waals surface area (Å²) in [7, 11) is 0. The fraction of sp³-hybridized carbons (Fsp3) is 0.526. The lowest BCUT2D eigenvalue weighted by atomic mass is 10.1. The molecular weight excluding hydrogens is 364 g/mol. The Balaban J connectivity index is 2.06. The molecule has 7 nitrogen and oxygen atoms in total. The molecule has 1 atom stereocenters. The molecular formula is C19H28N4O3S. The van der Waals surface area contributed by atoms with Crippen LogP contribution in [-0.4, -0.2) is 49.0 Å². The molecule has 0 aliphatic carbocycles. The number of nitrogens with zero attached hydrogens (tertiary/aromatic N) is 1. The molecule has 3 N–H and O–H groups in total. The minimum Gasteiger partial charge on any atom is -0.354 e. The largest absolute Gasteiger partial charge is 0.354 e. The number of carbonyl (C=O) groups excluding carboxylic acids is 3. The first kappa shape index (κ1) is 21.1. The highest BCUT2D eigenvalue weighted by molar-refractivity contribution is 7.98. The van der Waals surface area contributed by atoms with Crippen LogP contribution in [0.4, 0.5) is 16.2 Å². The zero-order valence-corrected chi connectivity index (χ0v) is 16.9. The molecule has 0 bridgehead atoms. The van der Waals surface area contributed by atoms with Gasteiger partial charge in [-0.2, -0.15) is 11.8 Å². The van der Waals surface area contributed by atoms with Gasteiger partial charge in [-0.15, -0.1) is 0 Å². The van der Waals surface area contributed by atoms with Crippen LogP contribution in [-0.2, 0) is 9.59 Å². The van der Waals surface area contributed by atoms with E-state index in [1.807, 2.05) is 6.26 Å². The number of benzene rings is 1. The molecule has 0 fully saturated rings. The van der Waals surface area contributed by atoms with Gasteiger partial charge in [0, 0.05) is 6.54 Å².